The van der Waals surface area contributed by atoms with Gasteiger partial charge in [-0.25, -0.2) is 9.59 Å². The van der Waals surface area contributed by atoms with E-state index in [0.29, 0.717) is 17.7 Å². The number of allylic oxidation sites excluding steroid dienone is 1. The molecular weight excluding hydrogens is 642 g/mol. The number of carboxylic acid groups (broad SMARTS) is 1. The van der Waals surface area contributed by atoms with Crippen molar-refractivity contribution in [1.29, 1.82) is 0 Å². The highest BCUT2D eigenvalue weighted by molar-refractivity contribution is 5.94. The van der Waals surface area contributed by atoms with Gasteiger partial charge in [-0.3, -0.25) is 4.79 Å². The average molecular weight is 700 g/mol. The molecule has 278 valence electrons. The number of nitrogens with zero attached hydrogens (tertiary/aromatic N) is 2. The quantitative estimate of drug-likeness (QED) is 0.0249. The Kier molecular flexibility index (Phi) is 23.1. The Hall–Kier alpha value is -4.37. The number of methoxy groups -OCH3 is 1. The van der Waals surface area contributed by atoms with Crippen molar-refractivity contribution in [2.45, 2.75) is 115 Å². The number of benzene rings is 1. The fourth-order valence-corrected chi connectivity index (χ4v) is 5.26. The Morgan fingerprint density at radius 1 is 0.960 bits per heavy atom. The zero-order valence-electron chi connectivity index (χ0n) is 30.4. The van der Waals surface area contributed by atoms with E-state index < -0.39 is 41.8 Å². The molecule has 0 radical (unpaired) electrons. The molecule has 0 fully saturated rings. The zero-order chi connectivity index (χ0) is 37.0. The molecule has 0 aliphatic rings. The second kappa shape index (κ2) is 26.5. The number of esters is 1. The number of rotatable bonds is 27. The lowest BCUT2D eigenvalue weighted by atomic mass is 9.83. The summed E-state index contributed by atoms with van der Waals surface area (Å²) in [6.07, 6.45) is 15.7. The molecule has 1 rings (SSSR count). The predicted molar refractivity (Wildman–Crippen MR) is 194 cm³/mol. The number of unbranched alkanes of at least 4 members (excludes halogenated alkanes) is 8. The maximum Gasteiger partial charge on any atom is 0.337 e. The van der Waals surface area contributed by atoms with Crippen molar-refractivity contribution in [3.05, 3.63) is 42.0 Å². The summed E-state index contributed by atoms with van der Waals surface area (Å²) in [6.45, 7) is 4.15. The van der Waals surface area contributed by atoms with Gasteiger partial charge in [-0.05, 0) is 63.1 Å². The van der Waals surface area contributed by atoms with Gasteiger partial charge in [0.05, 0.1) is 18.7 Å². The molecule has 3 atom stereocenters. The Morgan fingerprint density at radius 3 is 2.20 bits per heavy atom. The molecule has 0 unspecified atom stereocenters. The van der Waals surface area contributed by atoms with Gasteiger partial charge in [0, 0.05) is 19.1 Å². The normalized spacial score (nSPS) is 13.9. The molecule has 0 aliphatic carbocycles. The van der Waals surface area contributed by atoms with Crippen LogP contribution in [0.15, 0.2) is 46.7 Å². The van der Waals surface area contributed by atoms with E-state index in [4.69, 9.17) is 14.3 Å². The molecule has 3 N–H and O–H groups in total. The van der Waals surface area contributed by atoms with E-state index in [0.717, 1.165) is 56.9 Å². The van der Waals surface area contributed by atoms with Gasteiger partial charge in [0.25, 0.3) is 0 Å². The number of oxime groups is 2. The molecule has 0 heterocycles. The van der Waals surface area contributed by atoms with Crippen molar-refractivity contribution in [2.24, 2.45) is 16.2 Å². The number of amides is 1. The fourth-order valence-electron chi connectivity index (χ4n) is 5.26. The number of nitrogens with one attached hydrogen (secondary N) is 1. The molecule has 0 aliphatic heterocycles. The van der Waals surface area contributed by atoms with Crippen LogP contribution < -0.4 is 10.1 Å². The van der Waals surface area contributed by atoms with Crippen molar-refractivity contribution >= 4 is 29.8 Å². The smallest absolute Gasteiger partial charge is 0.337 e. The van der Waals surface area contributed by atoms with Crippen LogP contribution in [-0.2, 0) is 35.2 Å². The van der Waals surface area contributed by atoms with Crippen LogP contribution >= 0.6 is 0 Å². The zero-order valence-corrected chi connectivity index (χ0v) is 30.4. The van der Waals surface area contributed by atoms with Crippen LogP contribution in [0.25, 0.3) is 0 Å². The van der Waals surface area contributed by atoms with Crippen LogP contribution in [-0.4, -0.2) is 79.6 Å². The first-order chi connectivity index (χ1) is 24.2. The highest BCUT2D eigenvalue weighted by atomic mass is 16.6. The standard InChI is InChI=1S/C38H57N3O9/c1-6-8-10-13-16-19-31(41-49-5)20-17-14-11-12-15-18-21-33(38(46,37(44)45)26-27-39-48-4)35(42)40-34(36(43)47-3)29-30-22-24-32(25-23-30)50-28-9-7-2/h18,21-25,27,33-34,46H,6,8,10-17,19-20,26,28-29H2,1-5H3,(H,40,42)(H,44,45)/b21-18+,39-27+,41-31+/t33-,34+,38+/m1/s1. The molecule has 0 aromatic heterocycles. The molecule has 12 nitrogen and oxygen atoms in total. The SMILES string of the molecule is CC#CCOc1ccc(C[C@H](NC(=O)[C@@H](/C=C/CCCCCC/C(CCCCCCC)=N/OC)[C@@](O)(C/C=N/OC)C(=O)O)C(=O)OC)cc1. The monoisotopic (exact) mass is 699 g/mol. The number of aliphatic hydroxyl groups is 1. The van der Waals surface area contributed by atoms with Crippen LogP contribution in [0, 0.1) is 17.8 Å². The number of carboxylic acids is 1. The molecule has 1 amide bonds. The number of carbonyl (C=O) groups excluding carboxylic acids is 2. The highest BCUT2D eigenvalue weighted by Crippen LogP contribution is 2.25. The minimum Gasteiger partial charge on any atom is -0.481 e. The molecule has 0 spiro atoms. The first-order valence-electron chi connectivity index (χ1n) is 17.4. The maximum atomic E-state index is 13.7. The van der Waals surface area contributed by atoms with Crippen LogP contribution in [0.3, 0.4) is 0 Å². The fraction of sp³-hybridized carbons (Fsp3) is 0.605. The lowest BCUT2D eigenvalue weighted by molar-refractivity contribution is -0.165. The number of hydrogen-bond donors (Lipinski definition) is 3. The first-order valence-corrected chi connectivity index (χ1v) is 17.4. The summed E-state index contributed by atoms with van der Waals surface area (Å²) in [6, 6.07) is 5.75. The summed E-state index contributed by atoms with van der Waals surface area (Å²) < 4.78 is 10.5. The third kappa shape index (κ3) is 17.3. The highest BCUT2D eigenvalue weighted by Gasteiger charge is 2.47. The molecule has 0 saturated carbocycles. The van der Waals surface area contributed by atoms with Crippen LogP contribution in [0.2, 0.25) is 0 Å². The Balaban J connectivity index is 2.96. The van der Waals surface area contributed by atoms with E-state index in [-0.39, 0.29) is 13.0 Å². The lowest BCUT2D eigenvalue weighted by Gasteiger charge is -2.30. The van der Waals surface area contributed by atoms with E-state index in [9.17, 15) is 24.6 Å². The molecule has 12 heteroatoms. The minimum atomic E-state index is -2.57. The van der Waals surface area contributed by atoms with E-state index in [2.05, 4.69) is 39.2 Å². The van der Waals surface area contributed by atoms with Gasteiger partial charge in [0.15, 0.2) is 5.60 Å². The summed E-state index contributed by atoms with van der Waals surface area (Å²) in [4.78, 5) is 48.5. The average Bonchev–Trinajstić information content (AvgIpc) is 3.10. The summed E-state index contributed by atoms with van der Waals surface area (Å²) >= 11 is 0. The predicted octanol–water partition coefficient (Wildman–Crippen LogP) is 6.00. The van der Waals surface area contributed by atoms with Crippen molar-refractivity contribution < 1.29 is 43.7 Å². The number of ether oxygens (including phenoxy) is 2. The van der Waals surface area contributed by atoms with E-state index in [1.807, 2.05) is 0 Å². The molecule has 0 saturated heterocycles. The molecule has 1 aromatic rings. The van der Waals surface area contributed by atoms with Gasteiger partial charge in [0.1, 0.15) is 32.6 Å². The van der Waals surface area contributed by atoms with Gasteiger partial charge in [-0.2, -0.15) is 0 Å². The van der Waals surface area contributed by atoms with Gasteiger partial charge in [0.2, 0.25) is 5.91 Å². The minimum absolute atomic E-state index is 0.0518. The number of hydrogen-bond acceptors (Lipinski definition) is 10. The summed E-state index contributed by atoms with van der Waals surface area (Å²) in [5, 5.41) is 31.7. The first kappa shape index (κ1) is 43.7. The molecular formula is C38H57N3O9. The third-order valence-electron chi connectivity index (χ3n) is 8.11. The molecule has 50 heavy (non-hydrogen) atoms. The topological polar surface area (TPSA) is 165 Å². The largest absolute Gasteiger partial charge is 0.481 e. The summed E-state index contributed by atoms with van der Waals surface area (Å²) in [5.74, 6) is 1.38. The molecule has 1 aromatic carbocycles. The summed E-state index contributed by atoms with van der Waals surface area (Å²) in [5.41, 5.74) is -0.802. The van der Waals surface area contributed by atoms with Gasteiger partial charge < -0.3 is 34.7 Å². The maximum absolute atomic E-state index is 13.7. The van der Waals surface area contributed by atoms with Crippen molar-refractivity contribution in [3.8, 4) is 17.6 Å². The Labute approximate surface area is 297 Å². The van der Waals surface area contributed by atoms with Crippen molar-refractivity contribution in [2.75, 3.05) is 27.9 Å². The van der Waals surface area contributed by atoms with Gasteiger partial charge in [-0.15, -0.1) is 5.92 Å². The Morgan fingerprint density at radius 2 is 1.62 bits per heavy atom. The van der Waals surface area contributed by atoms with Gasteiger partial charge in [-0.1, -0.05) is 86.0 Å². The Bertz CT molecular complexity index is 1280. The second-order valence-corrected chi connectivity index (χ2v) is 11.9. The third-order valence-corrected chi connectivity index (χ3v) is 8.11. The van der Waals surface area contributed by atoms with Crippen LogP contribution in [0.5, 0.6) is 5.75 Å². The van der Waals surface area contributed by atoms with Crippen LogP contribution in [0.4, 0.5) is 0 Å². The summed E-state index contributed by atoms with van der Waals surface area (Å²) in [7, 11) is 4.04. The van der Waals surface area contributed by atoms with E-state index in [1.165, 1.54) is 46.0 Å². The number of carbonyl (C=O) groups is 3. The molecule has 0 bridgehead atoms. The van der Waals surface area contributed by atoms with Gasteiger partial charge >= 0.3 is 11.9 Å². The lowest BCUT2D eigenvalue weighted by Crippen LogP contribution is -2.55. The number of aliphatic carboxylic acids is 1. The second-order valence-electron chi connectivity index (χ2n) is 11.9. The van der Waals surface area contributed by atoms with Crippen LogP contribution in [0.1, 0.15) is 103 Å². The van der Waals surface area contributed by atoms with Crippen molar-refractivity contribution in [3.63, 3.8) is 0 Å². The van der Waals surface area contributed by atoms with Crippen molar-refractivity contribution in [1.82, 2.24) is 5.32 Å². The van der Waals surface area contributed by atoms with E-state index in [1.54, 1.807) is 44.4 Å². The van der Waals surface area contributed by atoms with E-state index >= 15 is 0 Å².